The lowest BCUT2D eigenvalue weighted by Crippen LogP contribution is -2.39. The molecule has 4 atom stereocenters. The molecule has 0 aromatic carbocycles. The molecule has 2 aromatic rings. The molecule has 3 heterocycles. The van der Waals surface area contributed by atoms with Gasteiger partial charge in [-0.2, -0.15) is 0 Å². The van der Waals surface area contributed by atoms with Gasteiger partial charge in [-0.1, -0.05) is 0 Å². The van der Waals surface area contributed by atoms with Crippen LogP contribution in [-0.4, -0.2) is 49.6 Å². The van der Waals surface area contributed by atoms with Gasteiger partial charge >= 0.3 is 0 Å². The van der Waals surface area contributed by atoms with Crippen LogP contribution in [0.4, 0.5) is 10.2 Å². The highest BCUT2D eigenvalue weighted by Gasteiger charge is 2.54. The Morgan fingerprint density at radius 1 is 1.55 bits per heavy atom. The highest BCUT2D eigenvalue weighted by atomic mass is 19.1. The molecule has 2 aromatic heterocycles. The number of aliphatic hydroxyl groups excluding tert-OH is 2. The predicted molar refractivity (Wildman–Crippen MR) is 68.5 cm³/mol. The van der Waals surface area contributed by atoms with Crippen LogP contribution in [0.15, 0.2) is 12.5 Å². The van der Waals surface area contributed by atoms with Crippen molar-refractivity contribution in [2.45, 2.75) is 30.9 Å². The highest BCUT2D eigenvalue weighted by molar-refractivity contribution is 5.87. The molecule has 0 spiro atoms. The van der Waals surface area contributed by atoms with Crippen molar-refractivity contribution in [2.75, 3.05) is 12.3 Å². The van der Waals surface area contributed by atoms with Crippen molar-refractivity contribution < 1.29 is 19.3 Å². The van der Waals surface area contributed by atoms with E-state index in [0.717, 1.165) is 0 Å². The molecule has 1 aliphatic rings. The highest BCUT2D eigenvalue weighted by Crippen LogP contribution is 2.45. The van der Waals surface area contributed by atoms with Crippen LogP contribution in [-0.2, 0) is 4.74 Å². The van der Waals surface area contributed by atoms with Crippen molar-refractivity contribution in [3.8, 4) is 0 Å². The number of aromatic nitrogens is 3. The molecule has 8 heteroatoms. The number of ether oxygens (including phenoxy) is 1. The second kappa shape index (κ2) is 4.37. The van der Waals surface area contributed by atoms with Gasteiger partial charge in [0.05, 0.1) is 12.1 Å². The van der Waals surface area contributed by atoms with Crippen LogP contribution in [0.1, 0.15) is 18.6 Å². The number of aliphatic hydroxyl groups is 2. The Labute approximate surface area is 113 Å². The molecular weight excluding hydrogens is 267 g/mol. The number of hydrogen-bond acceptors (Lipinski definition) is 6. The van der Waals surface area contributed by atoms with Crippen LogP contribution in [0, 0.1) is 0 Å². The summed E-state index contributed by atoms with van der Waals surface area (Å²) in [5, 5.41) is 19.0. The Kier molecular flexibility index (Phi) is 2.89. The quantitative estimate of drug-likeness (QED) is 0.619. The minimum absolute atomic E-state index is 0.249. The van der Waals surface area contributed by atoms with Crippen molar-refractivity contribution in [1.29, 1.82) is 0 Å². The number of aromatic amines is 1. The molecule has 108 valence electrons. The third-order valence-corrected chi connectivity index (χ3v) is 3.74. The number of nitrogen functional groups attached to an aromatic ring is 1. The molecule has 1 fully saturated rings. The zero-order chi connectivity index (χ0) is 14.5. The molecule has 7 nitrogen and oxygen atoms in total. The minimum atomic E-state index is -2.04. The Morgan fingerprint density at radius 2 is 2.30 bits per heavy atom. The molecule has 0 saturated carbocycles. The third-order valence-electron chi connectivity index (χ3n) is 3.74. The van der Waals surface area contributed by atoms with Gasteiger partial charge in [0.25, 0.3) is 0 Å². The van der Waals surface area contributed by atoms with Gasteiger partial charge in [0.1, 0.15) is 30.2 Å². The number of nitrogens with one attached hydrogen (secondary N) is 1. The molecule has 0 radical (unpaired) electrons. The Morgan fingerprint density at radius 3 is 2.95 bits per heavy atom. The number of nitrogens with zero attached hydrogens (tertiary/aromatic N) is 2. The minimum Gasteiger partial charge on any atom is -0.394 e. The summed E-state index contributed by atoms with van der Waals surface area (Å²) in [5.74, 6) is 0.249. The lowest BCUT2D eigenvalue weighted by atomic mass is 9.91. The first-order valence-electron chi connectivity index (χ1n) is 6.17. The first-order valence-corrected chi connectivity index (χ1v) is 6.17. The molecule has 1 aliphatic heterocycles. The second-order valence-corrected chi connectivity index (χ2v) is 5.06. The van der Waals surface area contributed by atoms with Crippen molar-refractivity contribution in [3.05, 3.63) is 18.1 Å². The number of halogens is 1. The summed E-state index contributed by atoms with van der Waals surface area (Å²) < 4.78 is 20.2. The van der Waals surface area contributed by atoms with Crippen molar-refractivity contribution in [1.82, 2.24) is 15.0 Å². The molecule has 3 rings (SSSR count). The first kappa shape index (κ1) is 13.2. The molecular formula is C12H15FN4O3. The summed E-state index contributed by atoms with van der Waals surface area (Å²) in [6.07, 6.45) is -0.622. The normalized spacial score (nSPS) is 33.9. The summed E-state index contributed by atoms with van der Waals surface area (Å²) in [6.45, 7) is 0.776. The van der Waals surface area contributed by atoms with Gasteiger partial charge in [0.2, 0.25) is 0 Å². The first-order chi connectivity index (χ1) is 9.46. The lowest BCUT2D eigenvalue weighted by Gasteiger charge is -2.23. The summed E-state index contributed by atoms with van der Waals surface area (Å²) in [6, 6.07) is 0. The predicted octanol–water partition coefficient (Wildman–Crippen LogP) is 0.0614. The number of nitrogens with two attached hydrogens (primary N) is 1. The van der Waals surface area contributed by atoms with Crippen molar-refractivity contribution >= 4 is 16.9 Å². The maximum Gasteiger partial charge on any atom is 0.166 e. The molecule has 5 N–H and O–H groups in total. The summed E-state index contributed by atoms with van der Waals surface area (Å²) in [4.78, 5) is 10.8. The zero-order valence-electron chi connectivity index (χ0n) is 10.7. The number of H-pyrrole nitrogens is 1. The maximum atomic E-state index is 14.7. The van der Waals surface area contributed by atoms with E-state index in [1.54, 1.807) is 0 Å². The fraction of sp³-hybridized carbons (Fsp3) is 0.500. The van der Waals surface area contributed by atoms with E-state index < -0.39 is 30.6 Å². The van der Waals surface area contributed by atoms with Gasteiger partial charge < -0.3 is 25.7 Å². The van der Waals surface area contributed by atoms with E-state index >= 15 is 0 Å². The molecule has 0 amide bonds. The smallest absolute Gasteiger partial charge is 0.166 e. The van der Waals surface area contributed by atoms with Gasteiger partial charge in [-0.15, -0.1) is 0 Å². The van der Waals surface area contributed by atoms with Gasteiger partial charge in [-0.3, -0.25) is 0 Å². The summed E-state index contributed by atoms with van der Waals surface area (Å²) in [5.41, 5.74) is 5.04. The number of alkyl halides is 1. The molecule has 1 saturated heterocycles. The van der Waals surface area contributed by atoms with E-state index in [4.69, 9.17) is 15.6 Å². The van der Waals surface area contributed by atoms with E-state index in [0.29, 0.717) is 16.6 Å². The topological polar surface area (TPSA) is 117 Å². The average Bonchev–Trinajstić information content (AvgIpc) is 2.92. The van der Waals surface area contributed by atoms with E-state index in [9.17, 15) is 9.50 Å². The summed E-state index contributed by atoms with van der Waals surface area (Å²) >= 11 is 0. The Balaban J connectivity index is 2.10. The van der Waals surface area contributed by atoms with E-state index in [-0.39, 0.29) is 5.82 Å². The van der Waals surface area contributed by atoms with Crippen LogP contribution in [0.5, 0.6) is 0 Å². The number of hydrogen-bond donors (Lipinski definition) is 4. The fourth-order valence-corrected chi connectivity index (χ4v) is 2.60. The third kappa shape index (κ3) is 1.69. The van der Waals surface area contributed by atoms with Crippen LogP contribution < -0.4 is 5.73 Å². The lowest BCUT2D eigenvalue weighted by molar-refractivity contribution is -0.0225. The van der Waals surface area contributed by atoms with Gasteiger partial charge in [0.15, 0.2) is 11.5 Å². The largest absolute Gasteiger partial charge is 0.394 e. The fourth-order valence-electron chi connectivity index (χ4n) is 2.60. The average molecular weight is 282 g/mol. The van der Waals surface area contributed by atoms with Crippen LogP contribution in [0.3, 0.4) is 0 Å². The Bertz CT molecular complexity index is 645. The molecule has 0 bridgehead atoms. The zero-order valence-corrected chi connectivity index (χ0v) is 10.7. The standard InChI is InChI=1S/C12H15FN4O3/c1-12(13)9(19)6(3-18)20-10(12)5-2-15-8-7(5)16-4-17-11(8)14/h2,4,6,9-10,15,18-19H,3H2,1H3,(H2,14,16,17). The van der Waals surface area contributed by atoms with Crippen LogP contribution >= 0.6 is 0 Å². The number of fused-ring (bicyclic) bond motifs is 1. The molecule has 20 heavy (non-hydrogen) atoms. The van der Waals surface area contributed by atoms with Gasteiger partial charge in [-0.05, 0) is 6.92 Å². The Hall–Kier alpha value is -1.77. The van der Waals surface area contributed by atoms with Crippen molar-refractivity contribution in [2.24, 2.45) is 0 Å². The molecule has 0 aliphatic carbocycles. The SMILES string of the molecule is CC1(F)C(c2c[nH]c3c(N)ncnc23)OC(CO)C1O. The van der Waals surface area contributed by atoms with Gasteiger partial charge in [-0.25, -0.2) is 14.4 Å². The molecule has 4 unspecified atom stereocenters. The number of anilines is 1. The van der Waals surface area contributed by atoms with Crippen LogP contribution in [0.25, 0.3) is 11.0 Å². The van der Waals surface area contributed by atoms with E-state index in [2.05, 4.69) is 15.0 Å². The number of rotatable bonds is 2. The van der Waals surface area contributed by atoms with Gasteiger partial charge in [0, 0.05) is 11.8 Å². The maximum absolute atomic E-state index is 14.7. The van der Waals surface area contributed by atoms with E-state index in [1.165, 1.54) is 19.4 Å². The van der Waals surface area contributed by atoms with Crippen molar-refractivity contribution in [3.63, 3.8) is 0 Å². The van der Waals surface area contributed by atoms with E-state index in [1.807, 2.05) is 0 Å². The second-order valence-electron chi connectivity index (χ2n) is 5.06. The monoisotopic (exact) mass is 282 g/mol. The van der Waals surface area contributed by atoms with Crippen LogP contribution in [0.2, 0.25) is 0 Å². The summed E-state index contributed by atoms with van der Waals surface area (Å²) in [7, 11) is 0.